The van der Waals surface area contributed by atoms with E-state index in [1.54, 1.807) is 20.2 Å². The maximum Gasteiger partial charge on any atom is 0.414 e. The Morgan fingerprint density at radius 1 is 1.32 bits per heavy atom. The van der Waals surface area contributed by atoms with Crippen molar-refractivity contribution in [3.63, 3.8) is 0 Å². The van der Waals surface area contributed by atoms with Gasteiger partial charge in [0.1, 0.15) is 5.75 Å². The highest BCUT2D eigenvalue weighted by molar-refractivity contribution is 5.93. The highest BCUT2D eigenvalue weighted by atomic mass is 19.2. The van der Waals surface area contributed by atoms with Gasteiger partial charge >= 0.3 is 6.09 Å². The van der Waals surface area contributed by atoms with Gasteiger partial charge in [0, 0.05) is 19.5 Å². The Balaban J connectivity index is 2.70. The minimum atomic E-state index is -1.04. The van der Waals surface area contributed by atoms with E-state index in [2.05, 4.69) is 5.92 Å². The summed E-state index contributed by atoms with van der Waals surface area (Å²) in [6, 6.07) is 4.14. The van der Waals surface area contributed by atoms with E-state index >= 15 is 0 Å². The largest absolute Gasteiger partial charge is 0.414 e. The zero-order valence-electron chi connectivity index (χ0n) is 12.5. The van der Waals surface area contributed by atoms with Gasteiger partial charge in [-0.15, -0.1) is 6.42 Å². The minimum absolute atomic E-state index is 0.114. The molecule has 2 rings (SSSR count). The van der Waals surface area contributed by atoms with E-state index in [-0.39, 0.29) is 11.3 Å². The fraction of sp³-hybridized carbons (Fsp3) is 0.235. The number of terminal acetylenes is 1. The third kappa shape index (κ3) is 2.73. The van der Waals surface area contributed by atoms with Crippen LogP contribution in [0.2, 0.25) is 0 Å². The molecule has 1 amide bonds. The van der Waals surface area contributed by atoms with Gasteiger partial charge in [0.25, 0.3) is 0 Å². The van der Waals surface area contributed by atoms with Crippen LogP contribution in [0.4, 0.5) is 13.6 Å². The number of fused-ring (bicyclic) bond motifs is 1. The van der Waals surface area contributed by atoms with Gasteiger partial charge in [-0.1, -0.05) is 12.8 Å². The van der Waals surface area contributed by atoms with Crippen molar-refractivity contribution < 1.29 is 18.3 Å². The molecule has 0 N–H and O–H groups in total. The van der Waals surface area contributed by atoms with Gasteiger partial charge in [-0.25, -0.2) is 13.6 Å². The molecule has 0 saturated carbocycles. The van der Waals surface area contributed by atoms with Crippen molar-refractivity contribution in [2.75, 3.05) is 14.1 Å². The monoisotopic (exact) mass is 303 g/mol. The molecule has 0 heterocycles. The summed E-state index contributed by atoms with van der Waals surface area (Å²) in [5.41, 5.74) is 0.572. The van der Waals surface area contributed by atoms with Gasteiger partial charge in [0.05, 0.1) is 5.56 Å². The van der Waals surface area contributed by atoms with E-state index in [1.807, 2.05) is 6.92 Å². The number of aryl methyl sites for hydroxylation is 1. The summed E-state index contributed by atoms with van der Waals surface area (Å²) in [5.74, 6) is 0.394. The van der Waals surface area contributed by atoms with Crippen molar-refractivity contribution in [3.8, 4) is 18.1 Å². The van der Waals surface area contributed by atoms with Crippen molar-refractivity contribution in [3.05, 3.63) is 41.0 Å². The second-order valence-electron chi connectivity index (χ2n) is 4.99. The molecule has 0 spiro atoms. The lowest BCUT2D eigenvalue weighted by Crippen LogP contribution is -2.25. The summed E-state index contributed by atoms with van der Waals surface area (Å²) < 4.78 is 32.7. The maximum atomic E-state index is 13.9. The third-order valence-electron chi connectivity index (χ3n) is 3.28. The maximum absolute atomic E-state index is 13.9. The fourth-order valence-electron chi connectivity index (χ4n) is 2.21. The fourth-order valence-corrected chi connectivity index (χ4v) is 2.21. The SMILES string of the molecule is C#Cc1c(F)c(F)cc2cc(OC(=O)N(C)C)cc(CC)c12. The van der Waals surface area contributed by atoms with E-state index < -0.39 is 17.7 Å². The molecule has 0 aromatic heterocycles. The standard InChI is InChI=1S/C17H15F2NO2/c1-5-10-7-12(22-17(21)20(3)4)8-11-9-14(18)16(19)13(6-2)15(10)11/h2,7-9H,5H2,1,3-4H3. The molecular weight excluding hydrogens is 288 g/mol. The van der Waals surface area contributed by atoms with Gasteiger partial charge < -0.3 is 9.64 Å². The number of amides is 1. The first-order valence-electron chi connectivity index (χ1n) is 6.69. The average molecular weight is 303 g/mol. The molecule has 0 radical (unpaired) electrons. The van der Waals surface area contributed by atoms with Crippen LogP contribution in [0.1, 0.15) is 18.1 Å². The zero-order valence-corrected chi connectivity index (χ0v) is 12.5. The highest BCUT2D eigenvalue weighted by Crippen LogP contribution is 2.31. The number of benzene rings is 2. The van der Waals surface area contributed by atoms with Crippen LogP contribution >= 0.6 is 0 Å². The van der Waals surface area contributed by atoms with Gasteiger partial charge in [0.15, 0.2) is 11.6 Å². The van der Waals surface area contributed by atoms with Crippen molar-refractivity contribution in [2.45, 2.75) is 13.3 Å². The Hall–Kier alpha value is -2.61. The number of carbonyl (C=O) groups is 1. The number of carbonyl (C=O) groups excluding carboxylic acids is 1. The predicted octanol–water partition coefficient (Wildman–Crippen LogP) is 3.72. The first kappa shape index (κ1) is 15.8. The van der Waals surface area contributed by atoms with Crippen molar-refractivity contribution in [1.82, 2.24) is 4.90 Å². The average Bonchev–Trinajstić information content (AvgIpc) is 2.48. The van der Waals surface area contributed by atoms with Crippen LogP contribution < -0.4 is 4.74 Å². The highest BCUT2D eigenvalue weighted by Gasteiger charge is 2.17. The van der Waals surface area contributed by atoms with Crippen LogP contribution in [0.5, 0.6) is 5.75 Å². The summed E-state index contributed by atoms with van der Waals surface area (Å²) in [7, 11) is 3.10. The van der Waals surface area contributed by atoms with Crippen molar-refractivity contribution >= 4 is 16.9 Å². The first-order valence-corrected chi connectivity index (χ1v) is 6.69. The predicted molar refractivity (Wildman–Crippen MR) is 80.9 cm³/mol. The molecule has 0 bridgehead atoms. The Morgan fingerprint density at radius 2 is 2.00 bits per heavy atom. The molecule has 0 saturated heterocycles. The van der Waals surface area contributed by atoms with Crippen molar-refractivity contribution in [2.24, 2.45) is 0 Å². The molecule has 114 valence electrons. The molecule has 0 aliphatic heterocycles. The number of ether oxygens (including phenoxy) is 1. The molecular formula is C17H15F2NO2. The van der Waals surface area contributed by atoms with E-state index in [0.717, 1.165) is 6.07 Å². The molecule has 2 aromatic rings. The minimum Gasteiger partial charge on any atom is -0.410 e. The molecule has 0 unspecified atom stereocenters. The molecule has 0 fully saturated rings. The lowest BCUT2D eigenvalue weighted by molar-refractivity contribution is 0.172. The summed E-state index contributed by atoms with van der Waals surface area (Å²) >= 11 is 0. The topological polar surface area (TPSA) is 29.5 Å². The van der Waals surface area contributed by atoms with Crippen LogP contribution in [-0.4, -0.2) is 25.1 Å². The lowest BCUT2D eigenvalue weighted by Gasteiger charge is -2.14. The third-order valence-corrected chi connectivity index (χ3v) is 3.28. The van der Waals surface area contributed by atoms with Crippen LogP contribution in [-0.2, 0) is 6.42 Å². The van der Waals surface area contributed by atoms with Crippen LogP contribution in [0.15, 0.2) is 18.2 Å². The normalized spacial score (nSPS) is 10.4. The van der Waals surface area contributed by atoms with Crippen LogP contribution in [0.25, 0.3) is 10.8 Å². The van der Waals surface area contributed by atoms with Gasteiger partial charge in [0.2, 0.25) is 0 Å². The Morgan fingerprint density at radius 3 is 2.55 bits per heavy atom. The molecule has 0 aliphatic carbocycles. The first-order chi connectivity index (χ1) is 10.4. The molecule has 22 heavy (non-hydrogen) atoms. The van der Waals surface area contributed by atoms with Gasteiger partial charge in [-0.3, -0.25) is 0 Å². The van der Waals surface area contributed by atoms with Crippen molar-refractivity contribution in [1.29, 1.82) is 0 Å². The van der Waals surface area contributed by atoms with E-state index in [0.29, 0.717) is 22.8 Å². The Bertz CT molecular complexity index is 792. The number of nitrogens with zero attached hydrogens (tertiary/aromatic N) is 1. The summed E-state index contributed by atoms with van der Waals surface area (Å²) in [6.07, 6.45) is 5.30. The van der Waals surface area contributed by atoms with Gasteiger partial charge in [-0.05, 0) is 35.6 Å². The molecule has 0 atom stereocenters. The lowest BCUT2D eigenvalue weighted by atomic mass is 9.97. The zero-order chi connectivity index (χ0) is 16.4. The summed E-state index contributed by atoms with van der Waals surface area (Å²) in [6.45, 7) is 1.86. The second-order valence-corrected chi connectivity index (χ2v) is 4.99. The molecule has 0 aliphatic rings. The van der Waals surface area contributed by atoms with E-state index in [4.69, 9.17) is 11.2 Å². The second kappa shape index (κ2) is 6.02. The van der Waals surface area contributed by atoms with Crippen LogP contribution in [0, 0.1) is 24.0 Å². The summed E-state index contributed by atoms with van der Waals surface area (Å²) in [5, 5.41) is 0.862. The Labute approximate surface area is 127 Å². The Kier molecular flexibility index (Phi) is 4.32. The molecule has 3 nitrogen and oxygen atoms in total. The van der Waals surface area contributed by atoms with Gasteiger partial charge in [-0.2, -0.15) is 0 Å². The van der Waals surface area contributed by atoms with Crippen LogP contribution in [0.3, 0.4) is 0 Å². The van der Waals surface area contributed by atoms with E-state index in [9.17, 15) is 13.6 Å². The summed E-state index contributed by atoms with van der Waals surface area (Å²) in [4.78, 5) is 12.9. The molecule has 2 aromatic carbocycles. The number of hydrogen-bond donors (Lipinski definition) is 0. The number of rotatable bonds is 2. The quantitative estimate of drug-likeness (QED) is 0.791. The van der Waals surface area contributed by atoms with E-state index in [1.165, 1.54) is 11.0 Å². The smallest absolute Gasteiger partial charge is 0.410 e. The number of hydrogen-bond acceptors (Lipinski definition) is 2. The number of halogens is 2. The molecule has 5 heteroatoms.